The van der Waals surface area contributed by atoms with E-state index in [1.54, 1.807) is 24.3 Å². The van der Waals surface area contributed by atoms with Crippen LogP contribution in [0.2, 0.25) is 0 Å². The monoisotopic (exact) mass is 346 g/mol. The first-order valence-corrected chi connectivity index (χ1v) is 7.59. The molecule has 3 rings (SSSR count). The van der Waals surface area contributed by atoms with E-state index < -0.39 is 18.2 Å². The highest BCUT2D eigenvalue weighted by molar-refractivity contribution is 5.93. The van der Waals surface area contributed by atoms with Gasteiger partial charge in [0.25, 0.3) is 0 Å². The van der Waals surface area contributed by atoms with Gasteiger partial charge in [-0.3, -0.25) is 9.78 Å². The zero-order valence-electron chi connectivity index (χ0n) is 12.9. The maximum atomic E-state index is 12.6. The Morgan fingerprint density at radius 3 is 2.60 bits per heavy atom. The van der Waals surface area contributed by atoms with E-state index >= 15 is 0 Å². The SMILES string of the molecule is N#CC(C(=O)C1CC1c1ccccc1OC(F)(F)F)c1ccccn1. The lowest BCUT2D eigenvalue weighted by atomic mass is 9.95. The number of aromatic nitrogens is 1. The van der Waals surface area contributed by atoms with Crippen molar-refractivity contribution in [2.75, 3.05) is 0 Å². The molecule has 1 aromatic heterocycles. The van der Waals surface area contributed by atoms with Crippen molar-refractivity contribution < 1.29 is 22.7 Å². The van der Waals surface area contributed by atoms with E-state index in [-0.39, 0.29) is 17.5 Å². The Morgan fingerprint density at radius 2 is 1.96 bits per heavy atom. The molecule has 1 aromatic carbocycles. The van der Waals surface area contributed by atoms with Gasteiger partial charge < -0.3 is 4.74 Å². The van der Waals surface area contributed by atoms with Gasteiger partial charge in [0.15, 0.2) is 5.78 Å². The van der Waals surface area contributed by atoms with Gasteiger partial charge in [-0.2, -0.15) is 5.26 Å². The molecule has 0 spiro atoms. The first kappa shape index (κ1) is 17.0. The number of Topliss-reactive ketones (excluding diaryl/α,β-unsaturated/α-hetero) is 1. The van der Waals surface area contributed by atoms with Gasteiger partial charge in [-0.1, -0.05) is 24.3 Å². The number of alkyl halides is 3. The van der Waals surface area contributed by atoms with Crippen LogP contribution in [0, 0.1) is 17.2 Å². The van der Waals surface area contributed by atoms with Gasteiger partial charge >= 0.3 is 6.36 Å². The third-order valence-corrected chi connectivity index (χ3v) is 4.10. The number of hydrogen-bond acceptors (Lipinski definition) is 4. The average Bonchev–Trinajstić information content (AvgIpc) is 3.36. The second-order valence-corrected chi connectivity index (χ2v) is 5.75. The van der Waals surface area contributed by atoms with Crippen molar-refractivity contribution in [2.45, 2.75) is 24.6 Å². The van der Waals surface area contributed by atoms with Gasteiger partial charge in [0.2, 0.25) is 0 Å². The molecule has 0 saturated heterocycles. The van der Waals surface area contributed by atoms with Gasteiger partial charge in [0, 0.05) is 12.1 Å². The number of halogens is 3. The van der Waals surface area contributed by atoms with Crippen LogP contribution in [0.25, 0.3) is 0 Å². The van der Waals surface area contributed by atoms with E-state index in [4.69, 9.17) is 0 Å². The first-order chi connectivity index (χ1) is 11.9. The normalized spacial score (nSPS) is 20.4. The van der Waals surface area contributed by atoms with E-state index in [0.717, 1.165) is 0 Å². The van der Waals surface area contributed by atoms with Crippen molar-refractivity contribution in [3.8, 4) is 11.8 Å². The lowest BCUT2D eigenvalue weighted by Crippen LogP contribution is -2.18. The van der Waals surface area contributed by atoms with Crippen molar-refractivity contribution in [1.29, 1.82) is 5.26 Å². The maximum Gasteiger partial charge on any atom is 0.573 e. The molecule has 25 heavy (non-hydrogen) atoms. The number of nitrogens with zero attached hydrogens (tertiary/aromatic N) is 2. The van der Waals surface area contributed by atoms with Gasteiger partial charge in [-0.15, -0.1) is 13.2 Å². The second kappa shape index (κ2) is 6.55. The molecule has 1 aliphatic carbocycles. The second-order valence-electron chi connectivity index (χ2n) is 5.75. The standard InChI is InChI=1S/C18H13F3N2O2/c19-18(20,21)25-16-7-2-1-5-11(16)12-9-13(12)17(24)14(10-22)15-6-3-4-8-23-15/h1-8,12-14H,9H2. The van der Waals surface area contributed by atoms with Crippen LogP contribution in [0.3, 0.4) is 0 Å². The number of ether oxygens (including phenoxy) is 1. The number of para-hydroxylation sites is 1. The number of nitriles is 1. The maximum absolute atomic E-state index is 12.6. The number of pyridine rings is 1. The fraction of sp³-hybridized carbons (Fsp3) is 0.278. The summed E-state index contributed by atoms with van der Waals surface area (Å²) in [5, 5.41) is 9.31. The van der Waals surface area contributed by atoms with Crippen LogP contribution in [0.15, 0.2) is 48.7 Å². The number of ketones is 1. The van der Waals surface area contributed by atoms with Crippen LogP contribution in [0.4, 0.5) is 13.2 Å². The number of benzene rings is 1. The highest BCUT2D eigenvalue weighted by Crippen LogP contribution is 2.52. The molecule has 0 radical (unpaired) electrons. The minimum atomic E-state index is -4.80. The number of hydrogen-bond donors (Lipinski definition) is 0. The Balaban J connectivity index is 1.79. The first-order valence-electron chi connectivity index (χ1n) is 7.59. The lowest BCUT2D eigenvalue weighted by molar-refractivity contribution is -0.274. The van der Waals surface area contributed by atoms with Crippen LogP contribution in [-0.2, 0) is 4.79 Å². The van der Waals surface area contributed by atoms with Gasteiger partial charge in [-0.05, 0) is 36.1 Å². The summed E-state index contributed by atoms with van der Waals surface area (Å²) in [6.07, 6.45) is -2.92. The molecule has 0 amide bonds. The van der Waals surface area contributed by atoms with E-state index in [9.17, 15) is 23.2 Å². The molecule has 4 nitrogen and oxygen atoms in total. The number of rotatable bonds is 5. The topological polar surface area (TPSA) is 63.0 Å². The largest absolute Gasteiger partial charge is 0.573 e. The fourth-order valence-electron chi connectivity index (χ4n) is 2.89. The van der Waals surface area contributed by atoms with Crippen LogP contribution in [0.5, 0.6) is 5.75 Å². The molecular formula is C18H13F3N2O2. The summed E-state index contributed by atoms with van der Waals surface area (Å²) < 4.78 is 41.6. The molecule has 1 heterocycles. The highest BCUT2D eigenvalue weighted by Gasteiger charge is 2.48. The van der Waals surface area contributed by atoms with Crippen molar-refractivity contribution in [3.05, 3.63) is 59.9 Å². The summed E-state index contributed by atoms with van der Waals surface area (Å²) in [6, 6.07) is 12.7. The van der Waals surface area contributed by atoms with Crippen LogP contribution >= 0.6 is 0 Å². The summed E-state index contributed by atoms with van der Waals surface area (Å²) in [6.45, 7) is 0. The average molecular weight is 346 g/mol. The predicted molar refractivity (Wildman–Crippen MR) is 81.6 cm³/mol. The molecule has 7 heteroatoms. The molecule has 1 fully saturated rings. The van der Waals surface area contributed by atoms with E-state index in [1.807, 2.05) is 6.07 Å². The summed E-state index contributed by atoms with van der Waals surface area (Å²) in [7, 11) is 0. The van der Waals surface area contributed by atoms with Crippen molar-refractivity contribution >= 4 is 5.78 Å². The van der Waals surface area contributed by atoms with Gasteiger partial charge in [0.05, 0.1) is 11.8 Å². The molecule has 0 N–H and O–H groups in total. The predicted octanol–water partition coefficient (Wildman–Crippen LogP) is 3.96. The van der Waals surface area contributed by atoms with E-state index in [1.165, 1.54) is 24.4 Å². The zero-order chi connectivity index (χ0) is 18.0. The van der Waals surface area contributed by atoms with Gasteiger partial charge in [-0.25, -0.2) is 0 Å². The molecule has 2 aromatic rings. The third-order valence-electron chi connectivity index (χ3n) is 4.10. The third kappa shape index (κ3) is 3.79. The smallest absolute Gasteiger partial charge is 0.405 e. The summed E-state index contributed by atoms with van der Waals surface area (Å²) in [5.41, 5.74) is 0.677. The summed E-state index contributed by atoms with van der Waals surface area (Å²) in [4.78, 5) is 16.6. The highest BCUT2D eigenvalue weighted by atomic mass is 19.4. The summed E-state index contributed by atoms with van der Waals surface area (Å²) in [5.74, 6) is -2.54. The minimum Gasteiger partial charge on any atom is -0.405 e. The van der Waals surface area contributed by atoms with Crippen LogP contribution in [0.1, 0.15) is 29.5 Å². The van der Waals surface area contributed by atoms with Crippen LogP contribution < -0.4 is 4.74 Å². The van der Waals surface area contributed by atoms with Crippen molar-refractivity contribution in [3.63, 3.8) is 0 Å². The minimum absolute atomic E-state index is 0.304. The van der Waals surface area contributed by atoms with E-state index in [2.05, 4.69) is 9.72 Å². The molecule has 0 bridgehead atoms. The number of carbonyl (C=O) groups excluding carboxylic acids is 1. The molecular weight excluding hydrogens is 333 g/mol. The Kier molecular flexibility index (Phi) is 4.45. The Morgan fingerprint density at radius 1 is 1.24 bits per heavy atom. The molecule has 128 valence electrons. The Bertz CT molecular complexity index is 815. The van der Waals surface area contributed by atoms with Crippen molar-refractivity contribution in [2.24, 2.45) is 5.92 Å². The quantitative estimate of drug-likeness (QED) is 0.822. The zero-order valence-corrected chi connectivity index (χ0v) is 12.9. The molecule has 1 saturated carbocycles. The van der Waals surface area contributed by atoms with E-state index in [0.29, 0.717) is 17.7 Å². The van der Waals surface area contributed by atoms with Crippen molar-refractivity contribution in [1.82, 2.24) is 4.98 Å². The number of carbonyl (C=O) groups is 1. The Hall–Kier alpha value is -2.88. The molecule has 3 unspecified atom stereocenters. The van der Waals surface area contributed by atoms with Crippen LogP contribution in [-0.4, -0.2) is 17.1 Å². The molecule has 3 atom stereocenters. The molecule has 1 aliphatic rings. The van der Waals surface area contributed by atoms with Gasteiger partial charge in [0.1, 0.15) is 11.7 Å². The molecule has 0 aliphatic heterocycles. The summed E-state index contributed by atoms with van der Waals surface area (Å²) >= 11 is 0. The fourth-order valence-corrected chi connectivity index (χ4v) is 2.89. The Labute approximate surface area is 141 Å². The lowest BCUT2D eigenvalue weighted by Gasteiger charge is -2.13.